The molecule has 0 fully saturated rings. The summed E-state index contributed by atoms with van der Waals surface area (Å²) in [5, 5.41) is 3.15. The first-order valence-electron chi connectivity index (χ1n) is 9.76. The van der Waals surface area contributed by atoms with E-state index in [4.69, 9.17) is 0 Å². The van der Waals surface area contributed by atoms with Crippen LogP contribution < -0.4 is 5.32 Å². The van der Waals surface area contributed by atoms with Crippen LogP contribution in [0.4, 0.5) is 5.69 Å². The first kappa shape index (κ1) is 20.3. The summed E-state index contributed by atoms with van der Waals surface area (Å²) in [6.07, 6.45) is 8.15. The Morgan fingerprint density at radius 1 is 0.731 bits per heavy atom. The number of rotatable bonds is 7. The summed E-state index contributed by atoms with van der Waals surface area (Å²) in [5.41, 5.74) is 5.70. The highest BCUT2D eigenvalue weighted by Gasteiger charge is 2.21. The Bertz CT molecular complexity index is 697. The van der Waals surface area contributed by atoms with Gasteiger partial charge in [0.15, 0.2) is 0 Å². The van der Waals surface area contributed by atoms with Crippen LogP contribution in [0, 0.1) is 5.41 Å². The van der Waals surface area contributed by atoms with Crippen LogP contribution in [0.1, 0.15) is 70.6 Å². The first-order chi connectivity index (χ1) is 12.2. The first-order valence-corrected chi connectivity index (χ1v) is 9.76. The monoisotopic (exact) mass is 349 g/mol. The summed E-state index contributed by atoms with van der Waals surface area (Å²) in [6.45, 7) is 11.7. The van der Waals surface area contributed by atoms with E-state index in [9.17, 15) is 0 Å². The molecule has 0 amide bonds. The predicted molar refractivity (Wildman–Crippen MR) is 118 cm³/mol. The molecule has 0 radical (unpaired) electrons. The van der Waals surface area contributed by atoms with Crippen molar-refractivity contribution in [3.8, 4) is 0 Å². The van der Waals surface area contributed by atoms with E-state index < -0.39 is 0 Å². The average molecular weight is 350 g/mol. The molecular formula is C25H35N. The van der Waals surface area contributed by atoms with Gasteiger partial charge in [0.05, 0.1) is 0 Å². The highest BCUT2D eigenvalue weighted by Crippen LogP contribution is 2.32. The third-order valence-corrected chi connectivity index (χ3v) is 5.09. The fourth-order valence-electron chi connectivity index (χ4n) is 3.20. The van der Waals surface area contributed by atoms with Crippen LogP contribution in [0.15, 0.2) is 48.5 Å². The summed E-state index contributed by atoms with van der Waals surface area (Å²) in [4.78, 5) is 0. The summed E-state index contributed by atoms with van der Waals surface area (Å²) in [7, 11) is 1.94. The fraction of sp³-hybridized carbons (Fsp3) is 0.440. The van der Waals surface area contributed by atoms with Crippen molar-refractivity contribution in [3.63, 3.8) is 0 Å². The van der Waals surface area contributed by atoms with Crippen LogP contribution >= 0.6 is 0 Å². The molecule has 0 aliphatic rings. The van der Waals surface area contributed by atoms with E-state index in [0.717, 1.165) is 5.69 Å². The number of hydrogen-bond donors (Lipinski definition) is 1. The lowest BCUT2D eigenvalue weighted by molar-refractivity contribution is 0.333. The summed E-state index contributed by atoms with van der Waals surface area (Å²) in [6, 6.07) is 17.5. The second kappa shape index (κ2) is 8.58. The molecule has 26 heavy (non-hydrogen) atoms. The third kappa shape index (κ3) is 6.37. The lowest BCUT2D eigenvalue weighted by atomic mass is 9.78. The van der Waals surface area contributed by atoms with Crippen molar-refractivity contribution in [1.82, 2.24) is 0 Å². The van der Waals surface area contributed by atoms with Crippen molar-refractivity contribution in [1.29, 1.82) is 0 Å². The smallest absolute Gasteiger partial charge is 0.0337 e. The van der Waals surface area contributed by atoms with Gasteiger partial charge in [-0.3, -0.25) is 0 Å². The Morgan fingerprint density at radius 3 is 1.69 bits per heavy atom. The van der Waals surface area contributed by atoms with Gasteiger partial charge in [-0.2, -0.15) is 0 Å². The van der Waals surface area contributed by atoms with Crippen molar-refractivity contribution in [3.05, 3.63) is 65.2 Å². The lowest BCUT2D eigenvalue weighted by Gasteiger charge is -2.27. The van der Waals surface area contributed by atoms with Gasteiger partial charge in [-0.25, -0.2) is 0 Å². The van der Waals surface area contributed by atoms with Crippen molar-refractivity contribution in [2.75, 3.05) is 12.4 Å². The number of anilines is 1. The van der Waals surface area contributed by atoms with Crippen molar-refractivity contribution in [2.45, 2.75) is 59.3 Å². The molecule has 2 aromatic carbocycles. The van der Waals surface area contributed by atoms with Crippen LogP contribution in [0.25, 0.3) is 12.2 Å². The molecule has 0 spiro atoms. The van der Waals surface area contributed by atoms with E-state index in [0.29, 0.717) is 5.41 Å². The van der Waals surface area contributed by atoms with Gasteiger partial charge < -0.3 is 5.32 Å². The predicted octanol–water partition coefficient (Wildman–Crippen LogP) is 7.39. The largest absolute Gasteiger partial charge is 0.388 e. The van der Waals surface area contributed by atoms with Gasteiger partial charge in [0, 0.05) is 12.7 Å². The number of benzene rings is 2. The molecule has 0 aliphatic carbocycles. The van der Waals surface area contributed by atoms with E-state index in [-0.39, 0.29) is 5.41 Å². The minimum absolute atomic E-state index is 0.233. The average Bonchev–Trinajstić information content (AvgIpc) is 2.59. The van der Waals surface area contributed by atoms with Crippen LogP contribution in [-0.2, 0) is 5.41 Å². The van der Waals surface area contributed by atoms with Crippen LogP contribution in [0.3, 0.4) is 0 Å². The molecular weight excluding hydrogens is 314 g/mol. The Hall–Kier alpha value is -2.02. The maximum atomic E-state index is 3.15. The molecule has 140 valence electrons. The van der Waals surface area contributed by atoms with Gasteiger partial charge >= 0.3 is 0 Å². The molecule has 1 heteroatoms. The van der Waals surface area contributed by atoms with E-state index in [1.165, 1.54) is 36.0 Å². The Morgan fingerprint density at radius 2 is 1.23 bits per heavy atom. The van der Waals surface area contributed by atoms with Crippen LogP contribution in [0.2, 0.25) is 0 Å². The van der Waals surface area contributed by atoms with Gasteiger partial charge in [0.1, 0.15) is 0 Å². The summed E-state index contributed by atoms with van der Waals surface area (Å²) in [5.74, 6) is 0. The van der Waals surface area contributed by atoms with E-state index >= 15 is 0 Å². The standard InChI is InChI=1S/C25H35N/c1-24(2,3)18-7-19-25(4,5)22-14-10-20(11-15-22)8-9-21-12-16-23(26-6)17-13-21/h8-17,26H,7,18-19H2,1-6H3/b9-8+. The van der Waals surface area contributed by atoms with Gasteiger partial charge in [-0.15, -0.1) is 0 Å². The second-order valence-corrected chi connectivity index (χ2v) is 9.13. The van der Waals surface area contributed by atoms with Gasteiger partial charge in [0.25, 0.3) is 0 Å². The molecule has 1 N–H and O–H groups in total. The molecule has 1 nitrogen and oxygen atoms in total. The fourth-order valence-corrected chi connectivity index (χ4v) is 3.20. The zero-order valence-corrected chi connectivity index (χ0v) is 17.4. The minimum Gasteiger partial charge on any atom is -0.388 e. The van der Waals surface area contributed by atoms with Crippen molar-refractivity contribution in [2.24, 2.45) is 5.41 Å². The second-order valence-electron chi connectivity index (χ2n) is 9.13. The molecule has 0 atom stereocenters. The number of nitrogens with one attached hydrogen (secondary N) is 1. The molecule has 0 heterocycles. The highest BCUT2D eigenvalue weighted by molar-refractivity contribution is 5.70. The molecule has 0 bridgehead atoms. The normalized spacial score (nSPS) is 12.5. The quantitative estimate of drug-likeness (QED) is 0.514. The number of hydrogen-bond acceptors (Lipinski definition) is 1. The van der Waals surface area contributed by atoms with Gasteiger partial charge in [0.2, 0.25) is 0 Å². The minimum atomic E-state index is 0.233. The van der Waals surface area contributed by atoms with Crippen LogP contribution in [-0.4, -0.2) is 7.05 Å². The SMILES string of the molecule is CNc1ccc(/C=C/c2ccc(C(C)(C)CCCC(C)(C)C)cc2)cc1. The highest BCUT2D eigenvalue weighted by atomic mass is 14.8. The molecule has 2 aromatic rings. The lowest BCUT2D eigenvalue weighted by Crippen LogP contribution is -2.18. The third-order valence-electron chi connectivity index (χ3n) is 5.09. The van der Waals surface area contributed by atoms with Gasteiger partial charge in [-0.05, 0) is 52.5 Å². The molecule has 0 saturated heterocycles. The van der Waals surface area contributed by atoms with E-state index in [2.05, 4.69) is 101 Å². The maximum absolute atomic E-state index is 3.15. The van der Waals surface area contributed by atoms with Gasteiger partial charge in [-0.1, -0.05) is 89.6 Å². The Balaban J connectivity index is 1.98. The topological polar surface area (TPSA) is 12.0 Å². The van der Waals surface area contributed by atoms with Crippen LogP contribution in [0.5, 0.6) is 0 Å². The zero-order chi connectivity index (χ0) is 19.2. The van der Waals surface area contributed by atoms with E-state index in [1.807, 2.05) is 7.05 Å². The molecule has 0 unspecified atom stereocenters. The molecule has 0 aromatic heterocycles. The summed E-state index contributed by atoms with van der Waals surface area (Å²) < 4.78 is 0. The summed E-state index contributed by atoms with van der Waals surface area (Å²) >= 11 is 0. The van der Waals surface area contributed by atoms with Crippen molar-refractivity contribution < 1.29 is 0 Å². The zero-order valence-electron chi connectivity index (χ0n) is 17.4. The van der Waals surface area contributed by atoms with E-state index in [1.54, 1.807) is 0 Å². The van der Waals surface area contributed by atoms with Crippen molar-refractivity contribution >= 4 is 17.8 Å². The maximum Gasteiger partial charge on any atom is 0.0337 e. The Labute approximate surface area is 160 Å². The Kier molecular flexibility index (Phi) is 6.69. The molecule has 0 aliphatic heterocycles. The molecule has 0 saturated carbocycles. The molecule has 2 rings (SSSR count).